The van der Waals surface area contributed by atoms with E-state index < -0.39 is 0 Å². The molecular formula is C20H17ClN4O2. The second-order valence-corrected chi connectivity index (χ2v) is 6.03. The van der Waals surface area contributed by atoms with E-state index in [2.05, 4.69) is 16.0 Å². The van der Waals surface area contributed by atoms with Crippen molar-refractivity contribution in [2.75, 3.05) is 14.2 Å². The molecule has 0 aliphatic heterocycles. The average molecular weight is 381 g/mol. The minimum absolute atomic E-state index is 0.249. The van der Waals surface area contributed by atoms with Gasteiger partial charge in [-0.25, -0.2) is 9.98 Å². The molecule has 0 amide bonds. The molecule has 1 heterocycles. The minimum atomic E-state index is 0.249. The molecular weight excluding hydrogens is 364 g/mol. The van der Waals surface area contributed by atoms with E-state index in [1.54, 1.807) is 37.4 Å². The average Bonchev–Trinajstić information content (AvgIpc) is 3.09. The summed E-state index contributed by atoms with van der Waals surface area (Å²) >= 11 is 6.24. The lowest BCUT2D eigenvalue weighted by atomic mass is 10.2. The molecule has 0 fully saturated rings. The first-order valence-corrected chi connectivity index (χ1v) is 8.48. The third-order valence-corrected chi connectivity index (χ3v) is 4.33. The third kappa shape index (κ3) is 4.10. The van der Waals surface area contributed by atoms with Crippen molar-refractivity contribution in [3.05, 3.63) is 70.6 Å². The van der Waals surface area contributed by atoms with Crippen LogP contribution in [0.25, 0.3) is 0 Å². The molecule has 0 spiro atoms. The van der Waals surface area contributed by atoms with E-state index in [1.165, 1.54) is 0 Å². The van der Waals surface area contributed by atoms with Crippen LogP contribution in [-0.2, 0) is 6.54 Å². The first kappa shape index (κ1) is 18.5. The van der Waals surface area contributed by atoms with E-state index in [0.29, 0.717) is 28.9 Å². The zero-order valence-electron chi connectivity index (χ0n) is 14.9. The second kappa shape index (κ2) is 8.39. The number of nitrogens with zero attached hydrogens (tertiary/aromatic N) is 4. The SMILES string of the molecule is COc1ccc(/C=N/c2c(C#N)ncn2Cc2ccccc2Cl)cc1OC. The van der Waals surface area contributed by atoms with Crippen molar-refractivity contribution in [3.8, 4) is 17.6 Å². The molecule has 3 rings (SSSR count). The van der Waals surface area contributed by atoms with Gasteiger partial charge in [-0.05, 0) is 35.4 Å². The Morgan fingerprint density at radius 1 is 1.19 bits per heavy atom. The number of hydrogen-bond donors (Lipinski definition) is 0. The standard InChI is InChI=1S/C20H17ClN4O2/c1-26-18-8-7-14(9-19(18)27-2)11-23-20-17(10-22)24-13-25(20)12-15-5-3-4-6-16(15)21/h3-9,11,13H,12H2,1-2H3/b23-11+. The Balaban J connectivity index is 1.93. The Morgan fingerprint density at radius 3 is 2.67 bits per heavy atom. The summed E-state index contributed by atoms with van der Waals surface area (Å²) in [7, 11) is 3.16. The number of rotatable bonds is 6. The van der Waals surface area contributed by atoms with Crippen LogP contribution >= 0.6 is 11.6 Å². The molecule has 0 aliphatic carbocycles. The molecule has 1 aromatic heterocycles. The summed E-state index contributed by atoms with van der Waals surface area (Å²) in [4.78, 5) is 8.61. The Bertz CT molecular complexity index is 1020. The summed E-state index contributed by atoms with van der Waals surface area (Å²) in [6.45, 7) is 0.465. The van der Waals surface area contributed by atoms with Gasteiger partial charge < -0.3 is 14.0 Å². The van der Waals surface area contributed by atoms with Crippen molar-refractivity contribution >= 4 is 23.6 Å². The second-order valence-electron chi connectivity index (χ2n) is 5.62. The van der Waals surface area contributed by atoms with Gasteiger partial charge in [-0.3, -0.25) is 0 Å². The Morgan fingerprint density at radius 2 is 1.96 bits per heavy atom. The molecule has 0 aliphatic rings. The van der Waals surface area contributed by atoms with Crippen molar-refractivity contribution in [1.82, 2.24) is 9.55 Å². The minimum Gasteiger partial charge on any atom is -0.493 e. The fraction of sp³-hybridized carbons (Fsp3) is 0.150. The van der Waals surface area contributed by atoms with E-state index >= 15 is 0 Å². The fourth-order valence-electron chi connectivity index (χ4n) is 2.58. The van der Waals surface area contributed by atoms with Crippen LogP contribution < -0.4 is 9.47 Å². The molecule has 27 heavy (non-hydrogen) atoms. The lowest BCUT2D eigenvalue weighted by molar-refractivity contribution is 0.355. The number of benzene rings is 2. The normalized spacial score (nSPS) is 10.7. The van der Waals surface area contributed by atoms with Crippen molar-refractivity contribution in [1.29, 1.82) is 5.26 Å². The van der Waals surface area contributed by atoms with Gasteiger partial charge in [-0.2, -0.15) is 5.26 Å². The van der Waals surface area contributed by atoms with Crippen LogP contribution in [0.5, 0.6) is 11.5 Å². The molecule has 0 bridgehead atoms. The highest BCUT2D eigenvalue weighted by atomic mass is 35.5. The molecule has 0 saturated heterocycles. The smallest absolute Gasteiger partial charge is 0.185 e. The van der Waals surface area contributed by atoms with Gasteiger partial charge in [0.2, 0.25) is 0 Å². The van der Waals surface area contributed by atoms with Gasteiger partial charge in [0.05, 0.1) is 27.1 Å². The number of imidazole rings is 1. The maximum absolute atomic E-state index is 9.34. The van der Waals surface area contributed by atoms with E-state index in [4.69, 9.17) is 21.1 Å². The van der Waals surface area contributed by atoms with Crippen molar-refractivity contribution in [3.63, 3.8) is 0 Å². The van der Waals surface area contributed by atoms with Gasteiger partial charge in [-0.1, -0.05) is 29.8 Å². The number of ether oxygens (including phenoxy) is 2. The van der Waals surface area contributed by atoms with Crippen LogP contribution in [0.1, 0.15) is 16.8 Å². The molecule has 0 N–H and O–H groups in total. The predicted octanol–water partition coefficient (Wildman–Crippen LogP) is 4.22. The monoisotopic (exact) mass is 380 g/mol. The topological polar surface area (TPSA) is 72.4 Å². The van der Waals surface area contributed by atoms with Gasteiger partial charge in [0, 0.05) is 11.2 Å². The van der Waals surface area contributed by atoms with Crippen molar-refractivity contribution in [2.45, 2.75) is 6.54 Å². The molecule has 3 aromatic rings. The summed E-state index contributed by atoms with van der Waals surface area (Å²) in [5.74, 6) is 1.70. The van der Waals surface area contributed by atoms with Gasteiger partial charge in [0.15, 0.2) is 23.0 Å². The zero-order valence-corrected chi connectivity index (χ0v) is 15.6. The molecule has 7 heteroatoms. The lowest BCUT2D eigenvalue weighted by Crippen LogP contribution is -1.99. The summed E-state index contributed by atoms with van der Waals surface area (Å²) in [6, 6.07) is 15.1. The Kier molecular flexibility index (Phi) is 5.74. The number of nitriles is 1. The Hall–Kier alpha value is -3.30. The maximum atomic E-state index is 9.34. The van der Waals surface area contributed by atoms with Crippen LogP contribution in [0.15, 0.2) is 53.8 Å². The van der Waals surface area contributed by atoms with Crippen LogP contribution in [0, 0.1) is 11.3 Å². The highest BCUT2D eigenvalue weighted by Gasteiger charge is 2.11. The van der Waals surface area contributed by atoms with Crippen molar-refractivity contribution in [2.24, 2.45) is 4.99 Å². The molecule has 0 atom stereocenters. The van der Waals surface area contributed by atoms with Crippen LogP contribution in [0.4, 0.5) is 5.82 Å². The van der Waals surface area contributed by atoms with E-state index in [1.807, 2.05) is 36.4 Å². The van der Waals surface area contributed by atoms with Gasteiger partial charge in [0.1, 0.15) is 6.07 Å². The summed E-state index contributed by atoms with van der Waals surface area (Å²) < 4.78 is 12.3. The van der Waals surface area contributed by atoms with E-state index in [9.17, 15) is 5.26 Å². The van der Waals surface area contributed by atoms with E-state index in [0.717, 1.165) is 11.1 Å². The molecule has 6 nitrogen and oxygen atoms in total. The van der Waals surface area contributed by atoms with Crippen LogP contribution in [0.2, 0.25) is 5.02 Å². The zero-order chi connectivity index (χ0) is 19.2. The summed E-state index contributed by atoms with van der Waals surface area (Å²) in [6.07, 6.45) is 3.24. The number of hydrogen-bond acceptors (Lipinski definition) is 5. The van der Waals surface area contributed by atoms with Gasteiger partial charge in [-0.15, -0.1) is 0 Å². The fourth-order valence-corrected chi connectivity index (χ4v) is 2.78. The van der Waals surface area contributed by atoms with Gasteiger partial charge in [0.25, 0.3) is 0 Å². The molecule has 0 radical (unpaired) electrons. The number of aliphatic imine (C=N–C) groups is 1. The summed E-state index contributed by atoms with van der Waals surface area (Å²) in [5.41, 5.74) is 1.98. The quantitative estimate of drug-likeness (QED) is 0.600. The van der Waals surface area contributed by atoms with Crippen LogP contribution in [-0.4, -0.2) is 30.0 Å². The van der Waals surface area contributed by atoms with E-state index in [-0.39, 0.29) is 5.69 Å². The highest BCUT2D eigenvalue weighted by Crippen LogP contribution is 2.27. The molecule has 0 unspecified atom stereocenters. The van der Waals surface area contributed by atoms with Crippen molar-refractivity contribution < 1.29 is 9.47 Å². The largest absolute Gasteiger partial charge is 0.493 e. The van der Waals surface area contributed by atoms with Crippen LogP contribution in [0.3, 0.4) is 0 Å². The molecule has 0 saturated carbocycles. The molecule has 2 aromatic carbocycles. The maximum Gasteiger partial charge on any atom is 0.185 e. The lowest BCUT2D eigenvalue weighted by Gasteiger charge is -2.08. The number of halogens is 1. The predicted molar refractivity (Wildman–Crippen MR) is 104 cm³/mol. The van der Waals surface area contributed by atoms with Gasteiger partial charge >= 0.3 is 0 Å². The first-order chi connectivity index (χ1) is 13.2. The third-order valence-electron chi connectivity index (χ3n) is 3.96. The Labute approximate surface area is 162 Å². The first-order valence-electron chi connectivity index (χ1n) is 8.11. The summed E-state index contributed by atoms with van der Waals surface area (Å²) in [5, 5.41) is 9.99. The number of aromatic nitrogens is 2. The number of methoxy groups -OCH3 is 2. The highest BCUT2D eigenvalue weighted by molar-refractivity contribution is 6.31. The molecule has 136 valence electrons.